The molecule has 0 atom stereocenters. The average molecular weight is 429 g/mol. The number of halogens is 3. The average Bonchev–Trinajstić information content (AvgIpc) is 2.67. The Kier molecular flexibility index (Phi) is 7.21. The number of methoxy groups -OCH3 is 2. The molecule has 0 saturated heterocycles. The van der Waals surface area contributed by atoms with Gasteiger partial charge in [0.15, 0.2) is 16.6 Å². The van der Waals surface area contributed by atoms with E-state index in [2.05, 4.69) is 10.6 Å². The third-order valence-corrected chi connectivity index (χ3v) is 4.16. The van der Waals surface area contributed by atoms with E-state index in [4.69, 9.17) is 21.7 Å². The molecule has 0 spiro atoms. The third-order valence-electron chi connectivity index (χ3n) is 3.91. The number of alkyl halides is 3. The van der Waals surface area contributed by atoms with Crippen molar-refractivity contribution in [2.45, 2.75) is 12.6 Å². The zero-order chi connectivity index (χ0) is 21.6. The number of benzene rings is 2. The van der Waals surface area contributed by atoms with Gasteiger partial charge in [-0.2, -0.15) is 13.2 Å². The van der Waals surface area contributed by atoms with Gasteiger partial charge in [0.05, 0.1) is 30.4 Å². The summed E-state index contributed by atoms with van der Waals surface area (Å²) in [6.45, 7) is 0.343. The fourth-order valence-electron chi connectivity index (χ4n) is 2.51. The molecule has 11 heteroatoms. The first-order chi connectivity index (χ1) is 13.7. The summed E-state index contributed by atoms with van der Waals surface area (Å²) in [4.78, 5) is 9.85. The van der Waals surface area contributed by atoms with Crippen molar-refractivity contribution in [2.75, 3.05) is 26.1 Å². The number of anilines is 1. The molecule has 29 heavy (non-hydrogen) atoms. The van der Waals surface area contributed by atoms with Gasteiger partial charge in [-0.25, -0.2) is 0 Å². The van der Waals surface area contributed by atoms with Crippen LogP contribution in [0.1, 0.15) is 11.1 Å². The van der Waals surface area contributed by atoms with E-state index in [9.17, 15) is 23.3 Å². The van der Waals surface area contributed by atoms with Gasteiger partial charge in [-0.3, -0.25) is 10.1 Å². The third kappa shape index (κ3) is 5.95. The SMILES string of the molecule is COc1ccc(CCNC(=S)Nc2ccc([N+](=O)[O-])cc2C(F)(F)F)cc1OC. The minimum Gasteiger partial charge on any atom is -0.493 e. The van der Waals surface area contributed by atoms with Crippen LogP contribution in [0.25, 0.3) is 0 Å². The van der Waals surface area contributed by atoms with Gasteiger partial charge in [-0.15, -0.1) is 0 Å². The van der Waals surface area contributed by atoms with Crippen LogP contribution in [-0.4, -0.2) is 30.8 Å². The predicted molar refractivity (Wildman–Crippen MR) is 106 cm³/mol. The van der Waals surface area contributed by atoms with Gasteiger partial charge in [0.2, 0.25) is 0 Å². The van der Waals surface area contributed by atoms with Crippen molar-refractivity contribution in [3.05, 3.63) is 57.6 Å². The number of hydrogen-bond donors (Lipinski definition) is 2. The summed E-state index contributed by atoms with van der Waals surface area (Å²) in [5.41, 5.74) is -1.29. The fourth-order valence-corrected chi connectivity index (χ4v) is 2.72. The summed E-state index contributed by atoms with van der Waals surface area (Å²) in [5.74, 6) is 1.14. The summed E-state index contributed by atoms with van der Waals surface area (Å²) < 4.78 is 50.0. The number of nitrogens with one attached hydrogen (secondary N) is 2. The molecule has 0 bridgehead atoms. The van der Waals surface area contributed by atoms with Gasteiger partial charge in [0.25, 0.3) is 5.69 Å². The molecular weight excluding hydrogens is 411 g/mol. The van der Waals surface area contributed by atoms with Crippen molar-refractivity contribution in [3.8, 4) is 11.5 Å². The Bertz CT molecular complexity index is 906. The van der Waals surface area contributed by atoms with Crippen LogP contribution in [0.15, 0.2) is 36.4 Å². The van der Waals surface area contributed by atoms with Crippen LogP contribution in [-0.2, 0) is 12.6 Å². The predicted octanol–water partition coefficient (Wildman–Crippen LogP) is 4.16. The number of thiocarbonyl (C=S) groups is 1. The Balaban J connectivity index is 2.02. The number of ether oxygens (including phenoxy) is 2. The number of nitro benzene ring substituents is 1. The van der Waals surface area contributed by atoms with Crippen LogP contribution in [0.4, 0.5) is 24.5 Å². The van der Waals surface area contributed by atoms with Gasteiger partial charge in [-0.05, 0) is 42.4 Å². The molecule has 0 aliphatic rings. The summed E-state index contributed by atoms with van der Waals surface area (Å²) in [5, 5.41) is 16.0. The monoisotopic (exact) mass is 429 g/mol. The fraction of sp³-hybridized carbons (Fsp3) is 0.278. The molecule has 0 aromatic heterocycles. The molecule has 7 nitrogen and oxygen atoms in total. The summed E-state index contributed by atoms with van der Waals surface area (Å²) >= 11 is 5.04. The molecule has 0 heterocycles. The molecule has 2 rings (SSSR count). The number of rotatable bonds is 7. The van der Waals surface area contributed by atoms with E-state index in [1.54, 1.807) is 12.1 Å². The highest BCUT2D eigenvalue weighted by molar-refractivity contribution is 7.80. The van der Waals surface area contributed by atoms with E-state index < -0.39 is 22.4 Å². The Morgan fingerprint density at radius 1 is 1.14 bits per heavy atom. The Hall–Kier alpha value is -3.08. The molecule has 2 aromatic carbocycles. The van der Waals surface area contributed by atoms with E-state index >= 15 is 0 Å². The Labute approximate surface area is 170 Å². The van der Waals surface area contributed by atoms with Crippen LogP contribution in [0, 0.1) is 10.1 Å². The second-order valence-corrected chi connectivity index (χ2v) is 6.21. The molecule has 2 aromatic rings. The van der Waals surface area contributed by atoms with Crippen molar-refractivity contribution in [1.29, 1.82) is 0 Å². The molecule has 0 saturated carbocycles. The van der Waals surface area contributed by atoms with Gasteiger partial charge < -0.3 is 20.1 Å². The van der Waals surface area contributed by atoms with E-state index in [0.717, 1.165) is 17.7 Å². The van der Waals surface area contributed by atoms with E-state index in [-0.39, 0.29) is 10.8 Å². The molecule has 2 N–H and O–H groups in total. The first kappa shape index (κ1) is 22.2. The van der Waals surface area contributed by atoms with Crippen LogP contribution in [0.2, 0.25) is 0 Å². The first-order valence-corrected chi connectivity index (χ1v) is 8.68. The van der Waals surface area contributed by atoms with Crippen molar-refractivity contribution < 1.29 is 27.6 Å². The van der Waals surface area contributed by atoms with Crippen LogP contribution in [0.3, 0.4) is 0 Å². The van der Waals surface area contributed by atoms with Crippen molar-refractivity contribution in [1.82, 2.24) is 5.32 Å². The summed E-state index contributed by atoms with van der Waals surface area (Å²) in [7, 11) is 3.04. The van der Waals surface area contributed by atoms with E-state index in [1.807, 2.05) is 6.07 Å². The zero-order valence-electron chi connectivity index (χ0n) is 15.5. The minimum atomic E-state index is -4.77. The van der Waals surface area contributed by atoms with Crippen LogP contribution < -0.4 is 20.1 Å². The smallest absolute Gasteiger partial charge is 0.418 e. The minimum absolute atomic E-state index is 0.0372. The maximum atomic E-state index is 13.2. The van der Waals surface area contributed by atoms with Crippen LogP contribution >= 0.6 is 12.2 Å². The first-order valence-electron chi connectivity index (χ1n) is 8.27. The maximum Gasteiger partial charge on any atom is 0.418 e. The highest BCUT2D eigenvalue weighted by atomic mass is 32.1. The maximum absolute atomic E-state index is 13.2. The number of nitrogens with zero attached hydrogens (tertiary/aromatic N) is 1. The number of hydrogen-bond acceptors (Lipinski definition) is 5. The number of non-ortho nitro benzene ring substituents is 1. The molecule has 0 aliphatic carbocycles. The lowest BCUT2D eigenvalue weighted by atomic mass is 10.1. The summed E-state index contributed by atoms with van der Waals surface area (Å²) in [6, 6.07) is 7.78. The number of nitro groups is 1. The quantitative estimate of drug-likeness (QED) is 0.388. The molecule has 0 unspecified atom stereocenters. The molecule has 156 valence electrons. The lowest BCUT2D eigenvalue weighted by molar-refractivity contribution is -0.385. The summed E-state index contributed by atoms with van der Waals surface area (Å²) in [6.07, 6.45) is -4.25. The molecule has 0 aliphatic heterocycles. The highest BCUT2D eigenvalue weighted by Crippen LogP contribution is 2.37. The van der Waals surface area contributed by atoms with E-state index in [1.165, 1.54) is 14.2 Å². The van der Waals surface area contributed by atoms with Gasteiger partial charge >= 0.3 is 6.18 Å². The normalized spacial score (nSPS) is 10.9. The second-order valence-electron chi connectivity index (χ2n) is 5.80. The van der Waals surface area contributed by atoms with Gasteiger partial charge in [0.1, 0.15) is 0 Å². The van der Waals surface area contributed by atoms with Crippen molar-refractivity contribution in [3.63, 3.8) is 0 Å². The lowest BCUT2D eigenvalue weighted by Crippen LogP contribution is -2.31. The van der Waals surface area contributed by atoms with Crippen molar-refractivity contribution in [2.24, 2.45) is 0 Å². The van der Waals surface area contributed by atoms with Gasteiger partial charge in [0, 0.05) is 18.7 Å². The highest BCUT2D eigenvalue weighted by Gasteiger charge is 2.35. The molecule has 0 amide bonds. The Morgan fingerprint density at radius 3 is 2.41 bits per heavy atom. The zero-order valence-corrected chi connectivity index (χ0v) is 16.3. The van der Waals surface area contributed by atoms with Gasteiger partial charge in [-0.1, -0.05) is 6.07 Å². The molecule has 0 radical (unpaired) electrons. The molecule has 0 fully saturated rings. The second kappa shape index (κ2) is 9.41. The molecular formula is C18H18F3N3O4S. The van der Waals surface area contributed by atoms with Crippen molar-refractivity contribution >= 4 is 28.7 Å². The topological polar surface area (TPSA) is 85.7 Å². The van der Waals surface area contributed by atoms with E-state index in [0.29, 0.717) is 30.5 Å². The Morgan fingerprint density at radius 2 is 1.83 bits per heavy atom. The lowest BCUT2D eigenvalue weighted by Gasteiger charge is -2.16. The van der Waals surface area contributed by atoms with Crippen LogP contribution in [0.5, 0.6) is 11.5 Å². The standard InChI is InChI=1S/C18H18F3N3O4S/c1-27-15-6-3-11(9-16(15)28-2)7-8-22-17(29)23-14-5-4-12(24(25)26)10-13(14)18(19,20)21/h3-6,9-10H,7-8H2,1-2H3,(H2,22,23,29). The largest absolute Gasteiger partial charge is 0.493 e.